The lowest BCUT2D eigenvalue weighted by molar-refractivity contribution is -0.00871. The standard InChI is InChI=1S/C14H28O5/c15-5-6-16-7-8-17-9-10-18-11-12-19-13-14-3-1-2-4-14/h14-15H,1-13H2. The molecule has 19 heavy (non-hydrogen) atoms. The highest BCUT2D eigenvalue weighted by Gasteiger charge is 2.14. The average molecular weight is 276 g/mol. The van der Waals surface area contributed by atoms with E-state index in [4.69, 9.17) is 24.1 Å². The van der Waals surface area contributed by atoms with Crippen molar-refractivity contribution in [2.45, 2.75) is 25.7 Å². The van der Waals surface area contributed by atoms with E-state index in [-0.39, 0.29) is 6.61 Å². The Balaban J connectivity index is 1.67. The molecule has 0 aromatic carbocycles. The van der Waals surface area contributed by atoms with Crippen LogP contribution in [0.4, 0.5) is 0 Å². The second-order valence-corrected chi connectivity index (χ2v) is 4.79. The molecule has 1 fully saturated rings. The average Bonchev–Trinajstić information content (AvgIpc) is 2.93. The van der Waals surface area contributed by atoms with Gasteiger partial charge in [0.05, 0.1) is 52.9 Å². The maximum atomic E-state index is 8.48. The Labute approximate surface area is 116 Å². The van der Waals surface area contributed by atoms with Crippen LogP contribution in [0.1, 0.15) is 25.7 Å². The largest absolute Gasteiger partial charge is 0.394 e. The van der Waals surface area contributed by atoms with E-state index in [0.29, 0.717) is 46.2 Å². The molecule has 1 saturated carbocycles. The molecular weight excluding hydrogens is 248 g/mol. The SMILES string of the molecule is OCCOCCOCCOCCOCC1CCCC1. The Hall–Kier alpha value is -0.200. The molecule has 5 nitrogen and oxygen atoms in total. The van der Waals surface area contributed by atoms with Gasteiger partial charge in [0, 0.05) is 6.61 Å². The molecule has 114 valence electrons. The van der Waals surface area contributed by atoms with Crippen LogP contribution in [0.25, 0.3) is 0 Å². The maximum Gasteiger partial charge on any atom is 0.0701 e. The second kappa shape index (κ2) is 12.8. The molecule has 0 radical (unpaired) electrons. The topological polar surface area (TPSA) is 57.2 Å². The van der Waals surface area contributed by atoms with Crippen molar-refractivity contribution in [3.63, 3.8) is 0 Å². The number of ether oxygens (including phenoxy) is 4. The van der Waals surface area contributed by atoms with Gasteiger partial charge in [0.2, 0.25) is 0 Å². The van der Waals surface area contributed by atoms with Crippen LogP contribution in [0.2, 0.25) is 0 Å². The number of aliphatic hydroxyl groups excluding tert-OH is 1. The summed E-state index contributed by atoms with van der Waals surface area (Å²) < 4.78 is 21.3. The van der Waals surface area contributed by atoms with Crippen molar-refractivity contribution in [2.75, 3.05) is 59.5 Å². The molecule has 5 heteroatoms. The van der Waals surface area contributed by atoms with Crippen molar-refractivity contribution in [1.82, 2.24) is 0 Å². The monoisotopic (exact) mass is 276 g/mol. The first-order chi connectivity index (χ1) is 9.43. The van der Waals surface area contributed by atoms with E-state index in [1.807, 2.05) is 0 Å². The number of aliphatic hydroxyl groups is 1. The molecular formula is C14H28O5. The van der Waals surface area contributed by atoms with Crippen LogP contribution in [0.15, 0.2) is 0 Å². The zero-order chi connectivity index (χ0) is 13.6. The third kappa shape index (κ3) is 10.3. The molecule has 1 aliphatic carbocycles. The summed E-state index contributed by atoms with van der Waals surface area (Å²) in [6, 6.07) is 0. The summed E-state index contributed by atoms with van der Waals surface area (Å²) >= 11 is 0. The highest BCUT2D eigenvalue weighted by atomic mass is 16.6. The highest BCUT2D eigenvalue weighted by Crippen LogP contribution is 2.24. The van der Waals surface area contributed by atoms with Gasteiger partial charge in [-0.1, -0.05) is 12.8 Å². The Morgan fingerprint density at radius 3 is 1.68 bits per heavy atom. The molecule has 1 rings (SSSR count). The molecule has 0 bridgehead atoms. The molecule has 0 spiro atoms. The molecule has 0 aromatic rings. The normalized spacial score (nSPS) is 16.3. The molecule has 0 aromatic heterocycles. The summed E-state index contributed by atoms with van der Waals surface area (Å²) in [5.41, 5.74) is 0. The fourth-order valence-corrected chi connectivity index (χ4v) is 2.15. The lowest BCUT2D eigenvalue weighted by atomic mass is 10.1. The zero-order valence-electron chi connectivity index (χ0n) is 11.8. The first kappa shape index (κ1) is 16.9. The molecule has 0 saturated heterocycles. The Morgan fingerprint density at radius 1 is 0.684 bits per heavy atom. The van der Waals surface area contributed by atoms with Gasteiger partial charge >= 0.3 is 0 Å². The van der Waals surface area contributed by atoms with Crippen LogP contribution in [-0.2, 0) is 18.9 Å². The van der Waals surface area contributed by atoms with Gasteiger partial charge in [-0.05, 0) is 18.8 Å². The van der Waals surface area contributed by atoms with Crippen LogP contribution in [0.5, 0.6) is 0 Å². The van der Waals surface area contributed by atoms with Gasteiger partial charge in [-0.2, -0.15) is 0 Å². The smallest absolute Gasteiger partial charge is 0.0701 e. The fourth-order valence-electron chi connectivity index (χ4n) is 2.15. The van der Waals surface area contributed by atoms with Gasteiger partial charge < -0.3 is 24.1 Å². The number of rotatable bonds is 13. The predicted octanol–water partition coefficient (Wildman–Crippen LogP) is 1.24. The van der Waals surface area contributed by atoms with E-state index < -0.39 is 0 Å². The van der Waals surface area contributed by atoms with Gasteiger partial charge in [0.1, 0.15) is 0 Å². The number of hydrogen-bond acceptors (Lipinski definition) is 5. The summed E-state index contributed by atoms with van der Waals surface area (Å²) in [5, 5.41) is 8.48. The molecule has 0 amide bonds. The quantitative estimate of drug-likeness (QED) is 0.513. The van der Waals surface area contributed by atoms with E-state index in [0.717, 1.165) is 12.5 Å². The molecule has 1 aliphatic rings. The molecule has 0 heterocycles. The molecule has 1 N–H and O–H groups in total. The van der Waals surface area contributed by atoms with Crippen molar-refractivity contribution in [1.29, 1.82) is 0 Å². The third-order valence-corrected chi connectivity index (χ3v) is 3.18. The minimum Gasteiger partial charge on any atom is -0.394 e. The van der Waals surface area contributed by atoms with E-state index in [9.17, 15) is 0 Å². The summed E-state index contributed by atoms with van der Waals surface area (Å²) in [7, 11) is 0. The minimum absolute atomic E-state index is 0.0595. The fraction of sp³-hybridized carbons (Fsp3) is 1.00. The van der Waals surface area contributed by atoms with E-state index in [1.165, 1.54) is 25.7 Å². The molecule has 0 atom stereocenters. The second-order valence-electron chi connectivity index (χ2n) is 4.79. The molecule has 0 aliphatic heterocycles. The van der Waals surface area contributed by atoms with Crippen molar-refractivity contribution < 1.29 is 24.1 Å². The Kier molecular flexibility index (Phi) is 11.4. The summed E-state index contributed by atoms with van der Waals surface area (Å²) in [4.78, 5) is 0. The van der Waals surface area contributed by atoms with Crippen molar-refractivity contribution in [3.05, 3.63) is 0 Å². The van der Waals surface area contributed by atoms with Crippen LogP contribution < -0.4 is 0 Å². The summed E-state index contributed by atoms with van der Waals surface area (Å²) in [6.45, 7) is 4.86. The van der Waals surface area contributed by atoms with Gasteiger partial charge in [-0.3, -0.25) is 0 Å². The Morgan fingerprint density at radius 2 is 1.16 bits per heavy atom. The number of hydrogen-bond donors (Lipinski definition) is 1. The lowest BCUT2D eigenvalue weighted by Gasteiger charge is -2.10. The van der Waals surface area contributed by atoms with Crippen LogP contribution >= 0.6 is 0 Å². The predicted molar refractivity (Wildman–Crippen MR) is 72.3 cm³/mol. The Bertz CT molecular complexity index is 183. The zero-order valence-corrected chi connectivity index (χ0v) is 11.8. The summed E-state index contributed by atoms with van der Waals surface area (Å²) in [5.74, 6) is 0.780. The van der Waals surface area contributed by atoms with Crippen molar-refractivity contribution in [3.8, 4) is 0 Å². The molecule has 0 unspecified atom stereocenters. The van der Waals surface area contributed by atoms with E-state index >= 15 is 0 Å². The van der Waals surface area contributed by atoms with Crippen LogP contribution in [0.3, 0.4) is 0 Å². The van der Waals surface area contributed by atoms with Gasteiger partial charge in [-0.15, -0.1) is 0 Å². The third-order valence-electron chi connectivity index (χ3n) is 3.18. The van der Waals surface area contributed by atoms with Crippen LogP contribution in [-0.4, -0.2) is 64.6 Å². The maximum absolute atomic E-state index is 8.48. The van der Waals surface area contributed by atoms with E-state index in [2.05, 4.69) is 0 Å². The summed E-state index contributed by atoms with van der Waals surface area (Å²) in [6.07, 6.45) is 5.38. The highest BCUT2D eigenvalue weighted by molar-refractivity contribution is 4.66. The van der Waals surface area contributed by atoms with Gasteiger partial charge in [0.15, 0.2) is 0 Å². The lowest BCUT2D eigenvalue weighted by Crippen LogP contribution is -2.14. The first-order valence-electron chi connectivity index (χ1n) is 7.35. The van der Waals surface area contributed by atoms with Gasteiger partial charge in [-0.25, -0.2) is 0 Å². The van der Waals surface area contributed by atoms with Crippen molar-refractivity contribution in [2.24, 2.45) is 5.92 Å². The minimum atomic E-state index is 0.0595. The van der Waals surface area contributed by atoms with Crippen molar-refractivity contribution >= 4 is 0 Å². The van der Waals surface area contributed by atoms with E-state index in [1.54, 1.807) is 0 Å². The van der Waals surface area contributed by atoms with Gasteiger partial charge in [0.25, 0.3) is 0 Å². The first-order valence-corrected chi connectivity index (χ1v) is 7.35. The van der Waals surface area contributed by atoms with Crippen LogP contribution in [0, 0.1) is 5.92 Å².